The summed E-state index contributed by atoms with van der Waals surface area (Å²) in [6, 6.07) is 6.76. The normalized spacial score (nSPS) is 20.7. The zero-order valence-corrected chi connectivity index (χ0v) is 15.4. The number of halogens is 1. The zero-order chi connectivity index (χ0) is 18.6. The molecule has 4 rings (SSSR count). The highest BCUT2D eigenvalue weighted by Crippen LogP contribution is 2.20. The summed E-state index contributed by atoms with van der Waals surface area (Å²) in [6.07, 6.45) is 4.10. The summed E-state index contributed by atoms with van der Waals surface area (Å²) in [6.45, 7) is 5.16. The molecule has 0 unspecified atom stereocenters. The molecule has 2 aromatic rings. The van der Waals surface area contributed by atoms with Crippen LogP contribution in [0.25, 0.3) is 0 Å². The lowest BCUT2D eigenvalue weighted by Crippen LogP contribution is -2.49. The van der Waals surface area contributed by atoms with Crippen LogP contribution in [0.4, 0.5) is 10.1 Å². The van der Waals surface area contributed by atoms with E-state index in [0.29, 0.717) is 43.5 Å². The number of aromatic nitrogens is 3. The van der Waals surface area contributed by atoms with Crippen molar-refractivity contribution in [2.45, 2.75) is 19.4 Å². The molecule has 7 nitrogen and oxygen atoms in total. The van der Waals surface area contributed by atoms with Crippen LogP contribution in [-0.4, -0.2) is 65.1 Å². The minimum atomic E-state index is -0.225. The monoisotopic (exact) mass is 372 g/mol. The second-order valence-electron chi connectivity index (χ2n) is 7.27. The fourth-order valence-corrected chi connectivity index (χ4v) is 3.85. The van der Waals surface area contributed by atoms with Gasteiger partial charge in [-0.3, -0.25) is 9.48 Å². The molecule has 0 aliphatic carbocycles. The number of carbonyl (C=O) groups is 1. The smallest absolute Gasteiger partial charge is 0.276 e. The van der Waals surface area contributed by atoms with E-state index < -0.39 is 0 Å². The predicted molar refractivity (Wildman–Crippen MR) is 100 cm³/mol. The van der Waals surface area contributed by atoms with Crippen LogP contribution in [0.15, 0.2) is 30.5 Å². The maximum Gasteiger partial charge on any atom is 0.276 e. The highest BCUT2D eigenvalue weighted by molar-refractivity contribution is 5.92. The second-order valence-corrected chi connectivity index (χ2v) is 7.27. The van der Waals surface area contributed by atoms with Crippen LogP contribution in [0.3, 0.4) is 0 Å². The molecule has 2 aliphatic rings. The Morgan fingerprint density at radius 2 is 2.04 bits per heavy atom. The number of benzene rings is 1. The van der Waals surface area contributed by atoms with Gasteiger partial charge < -0.3 is 15.1 Å². The number of anilines is 1. The Balaban J connectivity index is 1.33. The lowest BCUT2D eigenvalue weighted by molar-refractivity contribution is 0.0740. The van der Waals surface area contributed by atoms with E-state index in [9.17, 15) is 9.18 Å². The van der Waals surface area contributed by atoms with Crippen LogP contribution < -0.4 is 10.2 Å². The number of piperazine rings is 1. The van der Waals surface area contributed by atoms with Gasteiger partial charge in [0.05, 0.1) is 11.9 Å². The van der Waals surface area contributed by atoms with Crippen LogP contribution in [-0.2, 0) is 6.54 Å². The van der Waals surface area contributed by atoms with Crippen LogP contribution in [0.1, 0.15) is 23.3 Å². The minimum absolute atomic E-state index is 0.101. The summed E-state index contributed by atoms with van der Waals surface area (Å²) in [4.78, 5) is 16.5. The molecule has 27 heavy (non-hydrogen) atoms. The fourth-order valence-electron chi connectivity index (χ4n) is 3.85. The molecule has 8 heteroatoms. The Morgan fingerprint density at radius 1 is 1.22 bits per heavy atom. The van der Waals surface area contributed by atoms with E-state index in [0.717, 1.165) is 19.6 Å². The molecule has 2 fully saturated rings. The maximum absolute atomic E-state index is 13.9. The van der Waals surface area contributed by atoms with Crippen molar-refractivity contribution in [3.63, 3.8) is 0 Å². The number of para-hydroxylation sites is 1. The van der Waals surface area contributed by atoms with Gasteiger partial charge in [-0.15, -0.1) is 5.10 Å². The number of piperidine rings is 1. The molecule has 1 atom stereocenters. The van der Waals surface area contributed by atoms with Gasteiger partial charge in [0.25, 0.3) is 5.91 Å². The van der Waals surface area contributed by atoms with Gasteiger partial charge in [-0.25, -0.2) is 4.39 Å². The van der Waals surface area contributed by atoms with Gasteiger partial charge in [0.2, 0.25) is 0 Å². The van der Waals surface area contributed by atoms with Crippen molar-refractivity contribution >= 4 is 11.6 Å². The van der Waals surface area contributed by atoms with Gasteiger partial charge in [0.15, 0.2) is 5.69 Å². The number of nitrogens with zero attached hydrogens (tertiary/aromatic N) is 5. The standard InChI is InChI=1S/C19H25FN6O/c20-16-5-1-2-6-18(16)24-8-10-25(11-9-24)19(27)17-14-26(23-22-17)13-15-4-3-7-21-12-15/h1-2,5-6,14-15,21H,3-4,7-13H2/t15-/m0/s1. The number of rotatable bonds is 4. The molecule has 2 aliphatic heterocycles. The van der Waals surface area contributed by atoms with Crippen molar-refractivity contribution in [3.8, 4) is 0 Å². The molecule has 0 saturated carbocycles. The first kappa shape index (κ1) is 17.9. The maximum atomic E-state index is 13.9. The molecule has 144 valence electrons. The first-order valence-corrected chi connectivity index (χ1v) is 9.60. The van der Waals surface area contributed by atoms with E-state index in [-0.39, 0.29) is 11.7 Å². The molecule has 1 N–H and O–H groups in total. The van der Waals surface area contributed by atoms with Crippen molar-refractivity contribution < 1.29 is 9.18 Å². The summed E-state index contributed by atoms with van der Waals surface area (Å²) in [7, 11) is 0. The van der Waals surface area contributed by atoms with Crippen molar-refractivity contribution in [3.05, 3.63) is 42.0 Å². The molecule has 3 heterocycles. The Hall–Kier alpha value is -2.48. The van der Waals surface area contributed by atoms with Gasteiger partial charge in [0.1, 0.15) is 5.82 Å². The molecule has 0 bridgehead atoms. The molecular weight excluding hydrogens is 347 g/mol. The first-order valence-electron chi connectivity index (χ1n) is 9.60. The second kappa shape index (κ2) is 8.04. The summed E-state index contributed by atoms with van der Waals surface area (Å²) < 4.78 is 15.7. The van der Waals surface area contributed by atoms with Crippen LogP contribution in [0, 0.1) is 11.7 Å². The lowest BCUT2D eigenvalue weighted by Gasteiger charge is -2.35. The van der Waals surface area contributed by atoms with E-state index in [4.69, 9.17) is 0 Å². The zero-order valence-electron chi connectivity index (χ0n) is 15.4. The molecule has 0 spiro atoms. The lowest BCUT2D eigenvalue weighted by atomic mass is 10.00. The molecule has 1 amide bonds. The number of hydrogen-bond acceptors (Lipinski definition) is 5. The Labute approximate surface area is 158 Å². The van der Waals surface area contributed by atoms with Crippen LogP contribution in [0.5, 0.6) is 0 Å². The number of nitrogens with one attached hydrogen (secondary N) is 1. The van der Waals surface area contributed by atoms with E-state index in [1.165, 1.54) is 18.9 Å². The Morgan fingerprint density at radius 3 is 2.78 bits per heavy atom. The van der Waals surface area contributed by atoms with Crippen LogP contribution in [0.2, 0.25) is 0 Å². The summed E-state index contributed by atoms with van der Waals surface area (Å²) >= 11 is 0. The van der Waals surface area contributed by atoms with Crippen molar-refractivity contribution in [1.29, 1.82) is 0 Å². The average molecular weight is 372 g/mol. The highest BCUT2D eigenvalue weighted by Gasteiger charge is 2.25. The minimum Gasteiger partial charge on any atom is -0.366 e. The van der Waals surface area contributed by atoms with Gasteiger partial charge in [0, 0.05) is 32.7 Å². The number of amides is 1. The average Bonchev–Trinajstić information content (AvgIpc) is 3.17. The van der Waals surface area contributed by atoms with E-state index >= 15 is 0 Å². The molecule has 1 aromatic carbocycles. The third kappa shape index (κ3) is 4.10. The Kier molecular flexibility index (Phi) is 5.33. The quantitative estimate of drug-likeness (QED) is 0.878. The van der Waals surface area contributed by atoms with E-state index in [2.05, 4.69) is 15.6 Å². The largest absolute Gasteiger partial charge is 0.366 e. The van der Waals surface area contributed by atoms with Crippen molar-refractivity contribution in [2.24, 2.45) is 5.92 Å². The van der Waals surface area contributed by atoms with Gasteiger partial charge in [-0.1, -0.05) is 17.3 Å². The molecular formula is C19H25FN6O. The predicted octanol–water partition coefficient (Wildman–Crippen LogP) is 1.38. The summed E-state index contributed by atoms with van der Waals surface area (Å²) in [5.74, 6) is 0.210. The van der Waals surface area contributed by atoms with Crippen LogP contribution >= 0.6 is 0 Å². The molecule has 2 saturated heterocycles. The molecule has 1 aromatic heterocycles. The van der Waals surface area contributed by atoms with Crippen molar-refractivity contribution in [2.75, 3.05) is 44.2 Å². The van der Waals surface area contributed by atoms with E-state index in [1.54, 1.807) is 27.9 Å². The molecule has 0 radical (unpaired) electrons. The third-order valence-electron chi connectivity index (χ3n) is 5.36. The van der Waals surface area contributed by atoms with Gasteiger partial charge in [-0.2, -0.15) is 0 Å². The number of carbonyl (C=O) groups excluding carboxylic acids is 1. The summed E-state index contributed by atoms with van der Waals surface area (Å²) in [5.41, 5.74) is 0.981. The highest BCUT2D eigenvalue weighted by atomic mass is 19.1. The van der Waals surface area contributed by atoms with E-state index in [1.807, 2.05) is 11.0 Å². The van der Waals surface area contributed by atoms with Crippen molar-refractivity contribution in [1.82, 2.24) is 25.2 Å². The Bertz CT molecular complexity index is 780. The van der Waals surface area contributed by atoms with Gasteiger partial charge in [-0.05, 0) is 44.0 Å². The fraction of sp³-hybridized carbons (Fsp3) is 0.526. The topological polar surface area (TPSA) is 66.3 Å². The summed E-state index contributed by atoms with van der Waals surface area (Å²) in [5, 5.41) is 11.6. The SMILES string of the molecule is O=C(c1cn(C[C@H]2CCCNC2)nn1)N1CCN(c2ccccc2F)CC1. The first-order chi connectivity index (χ1) is 13.2. The van der Waals surface area contributed by atoms with Gasteiger partial charge >= 0.3 is 0 Å². The number of hydrogen-bond donors (Lipinski definition) is 1. The third-order valence-corrected chi connectivity index (χ3v) is 5.36.